The Balaban J connectivity index is 3.28. The molecule has 6 atom stereocenters. The average molecular weight is 580 g/mol. The van der Waals surface area contributed by atoms with Crippen molar-refractivity contribution in [3.8, 4) is 0 Å². The molecule has 40 heavy (non-hydrogen) atoms. The highest BCUT2D eigenvalue weighted by molar-refractivity contribution is 5.69. The van der Waals surface area contributed by atoms with Crippen LogP contribution in [0.25, 0.3) is 0 Å². The number of ether oxygens (including phenoxy) is 7. The second kappa shape index (κ2) is 15.1. The number of hydrogen-bond donors (Lipinski definition) is 3. The molecular weight excluding hydrogens is 538 g/mol. The Kier molecular flexibility index (Phi) is 13.2. The number of alkyl carbamates (subject to hydrolysis) is 1. The monoisotopic (exact) mass is 579 g/mol. The second-order valence-electron chi connectivity index (χ2n) is 10.4. The van der Waals surface area contributed by atoms with E-state index >= 15 is 0 Å². The van der Waals surface area contributed by atoms with Gasteiger partial charge in [-0.2, -0.15) is 0 Å². The molecule has 0 spiro atoms. The lowest BCUT2D eigenvalue weighted by molar-refractivity contribution is -0.285. The van der Waals surface area contributed by atoms with E-state index in [1.54, 1.807) is 27.7 Å². The second-order valence-corrected chi connectivity index (χ2v) is 10.4. The van der Waals surface area contributed by atoms with Crippen molar-refractivity contribution in [3.05, 3.63) is 0 Å². The first-order valence-electron chi connectivity index (χ1n) is 12.6. The van der Waals surface area contributed by atoms with Crippen LogP contribution in [0.15, 0.2) is 0 Å². The molecule has 1 amide bonds. The fourth-order valence-electron chi connectivity index (χ4n) is 3.81. The van der Waals surface area contributed by atoms with Crippen molar-refractivity contribution in [2.45, 2.75) is 103 Å². The molecule has 1 aliphatic rings. The van der Waals surface area contributed by atoms with Crippen molar-refractivity contribution in [1.29, 1.82) is 0 Å². The van der Waals surface area contributed by atoms with Crippen molar-refractivity contribution in [3.63, 3.8) is 0 Å². The Labute approximate surface area is 232 Å². The summed E-state index contributed by atoms with van der Waals surface area (Å²) < 4.78 is 39.0. The Morgan fingerprint density at radius 2 is 1.38 bits per heavy atom. The first kappa shape index (κ1) is 35.0. The predicted octanol–water partition coefficient (Wildman–Crippen LogP) is -0.235. The highest BCUT2D eigenvalue weighted by Gasteiger charge is 2.56. The third-order valence-electron chi connectivity index (χ3n) is 5.53. The molecule has 1 aliphatic heterocycles. The maximum absolute atomic E-state index is 12.1. The Morgan fingerprint density at radius 1 is 0.850 bits per heavy atom. The van der Waals surface area contributed by atoms with Gasteiger partial charge in [-0.1, -0.05) is 0 Å². The molecular formula is C25H41NO14. The van der Waals surface area contributed by atoms with E-state index in [1.807, 2.05) is 0 Å². The SMILES string of the molecule is CC(=O)OCC1O[C@@H](C(C)(C)OCC(C)(C)OC(=O)NCC(O)CO)C(OC(C)=O)C(OC(C)=O)[C@@H]1OC(C)=O. The predicted molar refractivity (Wildman–Crippen MR) is 134 cm³/mol. The number of nitrogens with one attached hydrogen (secondary N) is 1. The summed E-state index contributed by atoms with van der Waals surface area (Å²) in [6.45, 7) is 9.44. The Bertz CT molecular complexity index is 904. The van der Waals surface area contributed by atoms with Gasteiger partial charge in [-0.25, -0.2) is 4.79 Å². The minimum Gasteiger partial charge on any atom is -0.463 e. The molecule has 0 aromatic rings. The van der Waals surface area contributed by atoms with Crippen molar-refractivity contribution < 1.29 is 67.3 Å². The summed E-state index contributed by atoms with van der Waals surface area (Å²) in [4.78, 5) is 59.7. The van der Waals surface area contributed by atoms with Crippen molar-refractivity contribution in [1.82, 2.24) is 5.32 Å². The Morgan fingerprint density at radius 3 is 1.88 bits per heavy atom. The zero-order valence-electron chi connectivity index (χ0n) is 24.1. The third-order valence-corrected chi connectivity index (χ3v) is 5.53. The van der Waals surface area contributed by atoms with E-state index in [1.165, 1.54) is 6.92 Å². The highest BCUT2D eigenvalue weighted by atomic mass is 16.7. The Hall–Kier alpha value is -3.01. The van der Waals surface area contributed by atoms with E-state index in [2.05, 4.69) is 5.32 Å². The zero-order chi connectivity index (χ0) is 30.8. The van der Waals surface area contributed by atoms with Crippen molar-refractivity contribution >= 4 is 30.0 Å². The van der Waals surface area contributed by atoms with Crippen LogP contribution in [0.5, 0.6) is 0 Å². The molecule has 15 nitrogen and oxygen atoms in total. The number of aliphatic hydroxyl groups excluding tert-OH is 2. The number of aliphatic hydroxyl groups is 2. The quantitative estimate of drug-likeness (QED) is 0.191. The maximum Gasteiger partial charge on any atom is 0.407 e. The van der Waals surface area contributed by atoms with Crippen LogP contribution < -0.4 is 5.32 Å². The summed E-state index contributed by atoms with van der Waals surface area (Å²) >= 11 is 0. The minimum atomic E-state index is -1.36. The normalized spacial score (nSPS) is 23.8. The van der Waals surface area contributed by atoms with Crippen LogP contribution in [0.2, 0.25) is 0 Å². The molecule has 15 heteroatoms. The minimum absolute atomic E-state index is 0.206. The van der Waals surface area contributed by atoms with Gasteiger partial charge >= 0.3 is 30.0 Å². The van der Waals surface area contributed by atoms with Gasteiger partial charge in [0.05, 0.1) is 24.9 Å². The molecule has 3 N–H and O–H groups in total. The largest absolute Gasteiger partial charge is 0.463 e. The molecule has 230 valence electrons. The van der Waals surface area contributed by atoms with E-state index in [-0.39, 0.29) is 19.8 Å². The van der Waals surface area contributed by atoms with Gasteiger partial charge in [0.2, 0.25) is 0 Å². The standard InChI is InChI=1S/C25H41NO14/c1-13(28)34-11-18-19(36-14(2)29)20(37-15(3)30)21(38-16(4)31)22(39-18)25(7,8)35-12-24(5,6)40-23(33)26-9-17(32)10-27/h17-22,27,32H,9-12H2,1-8H3,(H,26,33)/t17?,18?,19-,20?,21?,22-/m1/s1. The summed E-state index contributed by atoms with van der Waals surface area (Å²) in [7, 11) is 0. The van der Waals surface area contributed by atoms with E-state index in [9.17, 15) is 29.1 Å². The molecule has 0 aliphatic carbocycles. The molecule has 1 rings (SSSR count). The highest BCUT2D eigenvalue weighted by Crippen LogP contribution is 2.36. The number of rotatable bonds is 13. The van der Waals surface area contributed by atoms with E-state index in [0.717, 1.165) is 20.8 Å². The third kappa shape index (κ3) is 11.6. The van der Waals surface area contributed by atoms with E-state index < -0.39 is 84.4 Å². The number of amides is 1. The van der Waals surface area contributed by atoms with E-state index in [4.69, 9.17) is 38.3 Å². The van der Waals surface area contributed by atoms with Gasteiger partial charge in [-0.15, -0.1) is 0 Å². The fourth-order valence-corrected chi connectivity index (χ4v) is 3.81. The van der Waals surface area contributed by atoms with Gasteiger partial charge in [0.1, 0.15) is 24.4 Å². The van der Waals surface area contributed by atoms with Crippen LogP contribution in [0.3, 0.4) is 0 Å². The molecule has 4 unspecified atom stereocenters. The van der Waals surface area contributed by atoms with Gasteiger partial charge in [-0.05, 0) is 27.7 Å². The molecule has 0 radical (unpaired) electrons. The van der Waals surface area contributed by atoms with Gasteiger partial charge in [-0.3, -0.25) is 19.2 Å². The fraction of sp³-hybridized carbons (Fsp3) is 0.800. The van der Waals surface area contributed by atoms with Gasteiger partial charge < -0.3 is 48.7 Å². The number of esters is 4. The zero-order valence-corrected chi connectivity index (χ0v) is 24.1. The summed E-state index contributed by atoms with van der Waals surface area (Å²) in [5, 5.41) is 20.6. The van der Waals surface area contributed by atoms with Crippen LogP contribution in [-0.4, -0.2) is 114 Å². The molecule has 0 bridgehead atoms. The summed E-state index contributed by atoms with van der Waals surface area (Å²) in [5.41, 5.74) is -2.55. The summed E-state index contributed by atoms with van der Waals surface area (Å²) in [5.74, 6) is -2.92. The van der Waals surface area contributed by atoms with Crippen molar-refractivity contribution in [2.24, 2.45) is 0 Å². The van der Waals surface area contributed by atoms with Crippen LogP contribution in [0, 0.1) is 0 Å². The van der Waals surface area contributed by atoms with Crippen LogP contribution in [-0.2, 0) is 52.3 Å². The molecule has 1 heterocycles. The van der Waals surface area contributed by atoms with Crippen molar-refractivity contribution in [2.75, 3.05) is 26.4 Å². The lowest BCUT2D eigenvalue weighted by Gasteiger charge is -2.49. The topological polar surface area (TPSA) is 202 Å². The molecule has 1 saturated heterocycles. The lowest BCUT2D eigenvalue weighted by atomic mass is 9.86. The number of carbonyl (C=O) groups is 5. The van der Waals surface area contributed by atoms with Gasteiger partial charge in [0.25, 0.3) is 0 Å². The summed E-state index contributed by atoms with van der Waals surface area (Å²) in [6.07, 6.45) is -8.35. The molecule has 1 fully saturated rings. The summed E-state index contributed by atoms with van der Waals surface area (Å²) in [6, 6.07) is 0. The maximum atomic E-state index is 12.1. The van der Waals surface area contributed by atoms with Crippen LogP contribution in [0.1, 0.15) is 55.4 Å². The first-order valence-corrected chi connectivity index (χ1v) is 12.6. The lowest BCUT2D eigenvalue weighted by Crippen LogP contribution is -2.67. The molecule has 0 saturated carbocycles. The molecule has 0 aromatic carbocycles. The van der Waals surface area contributed by atoms with Crippen LogP contribution in [0.4, 0.5) is 4.79 Å². The van der Waals surface area contributed by atoms with Gasteiger partial charge in [0.15, 0.2) is 18.3 Å². The average Bonchev–Trinajstić information content (AvgIpc) is 2.81. The van der Waals surface area contributed by atoms with Crippen LogP contribution >= 0.6 is 0 Å². The van der Waals surface area contributed by atoms with E-state index in [0.29, 0.717) is 0 Å². The number of carbonyl (C=O) groups excluding carboxylic acids is 5. The smallest absolute Gasteiger partial charge is 0.407 e. The number of hydrogen-bond acceptors (Lipinski definition) is 14. The molecule has 0 aromatic heterocycles. The van der Waals surface area contributed by atoms with Gasteiger partial charge in [0, 0.05) is 34.2 Å². The first-order chi connectivity index (χ1) is 18.4.